The van der Waals surface area contributed by atoms with Crippen LogP contribution in [0.2, 0.25) is 0 Å². The Bertz CT molecular complexity index is 461. The van der Waals surface area contributed by atoms with E-state index in [-0.39, 0.29) is 23.1 Å². The minimum absolute atomic E-state index is 0.0568. The zero-order chi connectivity index (χ0) is 14.4. The summed E-state index contributed by atoms with van der Waals surface area (Å²) >= 11 is 1.46. The number of hydrogen-bond donors (Lipinski definition) is 2. The molecule has 2 N–H and O–H groups in total. The molecule has 4 nitrogen and oxygen atoms in total. The van der Waals surface area contributed by atoms with Crippen LogP contribution in [0.25, 0.3) is 0 Å². The molecule has 2 amide bonds. The summed E-state index contributed by atoms with van der Waals surface area (Å²) in [6.45, 7) is 5.63. The summed E-state index contributed by atoms with van der Waals surface area (Å²) in [5, 5.41) is 5.46. The highest BCUT2D eigenvalue weighted by Gasteiger charge is 2.16. The van der Waals surface area contributed by atoms with Gasteiger partial charge in [0.25, 0.3) is 5.91 Å². The van der Waals surface area contributed by atoms with Crippen molar-refractivity contribution in [3.8, 4) is 0 Å². The molecule has 0 saturated heterocycles. The van der Waals surface area contributed by atoms with Gasteiger partial charge in [-0.05, 0) is 39.2 Å². The molecular formula is C14H20N2O2S. The number of amides is 2. The van der Waals surface area contributed by atoms with Crippen LogP contribution in [-0.4, -0.2) is 29.4 Å². The average Bonchev–Trinajstić information content (AvgIpc) is 2.37. The molecule has 0 heterocycles. The second kappa shape index (κ2) is 7.19. The van der Waals surface area contributed by atoms with Crippen molar-refractivity contribution in [2.24, 2.45) is 0 Å². The fourth-order valence-corrected chi connectivity index (χ4v) is 1.74. The van der Waals surface area contributed by atoms with Crippen LogP contribution in [0.3, 0.4) is 0 Å². The fourth-order valence-electron chi connectivity index (χ4n) is 1.47. The molecule has 0 aliphatic rings. The lowest BCUT2D eigenvalue weighted by molar-refractivity contribution is -0.115. The smallest absolute Gasteiger partial charge is 0.253 e. The van der Waals surface area contributed by atoms with Gasteiger partial charge in [0.05, 0.1) is 16.5 Å². The predicted octanol–water partition coefficient (Wildman–Crippen LogP) is 2.51. The largest absolute Gasteiger partial charge is 0.350 e. The van der Waals surface area contributed by atoms with Crippen LogP contribution in [0.15, 0.2) is 24.3 Å². The lowest BCUT2D eigenvalue weighted by Crippen LogP contribution is -2.31. The number of thioether (sulfide) groups is 1. The minimum Gasteiger partial charge on any atom is -0.350 e. The van der Waals surface area contributed by atoms with Gasteiger partial charge in [-0.3, -0.25) is 9.59 Å². The Labute approximate surface area is 118 Å². The van der Waals surface area contributed by atoms with Crippen LogP contribution in [0.1, 0.15) is 31.1 Å². The van der Waals surface area contributed by atoms with E-state index in [1.807, 2.05) is 27.0 Å². The van der Waals surface area contributed by atoms with E-state index in [9.17, 15) is 9.59 Å². The number of carbonyl (C=O) groups is 2. The number of carbonyl (C=O) groups excluding carboxylic acids is 2. The quantitative estimate of drug-likeness (QED) is 0.871. The molecule has 0 radical (unpaired) electrons. The van der Waals surface area contributed by atoms with Crippen molar-refractivity contribution in [3.05, 3.63) is 29.8 Å². The molecule has 1 rings (SSSR count). The lowest BCUT2D eigenvalue weighted by Gasteiger charge is -2.14. The maximum absolute atomic E-state index is 12.0. The van der Waals surface area contributed by atoms with E-state index >= 15 is 0 Å². The zero-order valence-corrected chi connectivity index (χ0v) is 12.5. The fraction of sp³-hybridized carbons (Fsp3) is 0.429. The molecule has 0 aliphatic heterocycles. The Kier molecular flexibility index (Phi) is 5.89. The van der Waals surface area contributed by atoms with Crippen molar-refractivity contribution in [1.29, 1.82) is 0 Å². The van der Waals surface area contributed by atoms with Gasteiger partial charge in [-0.25, -0.2) is 0 Å². The average molecular weight is 280 g/mol. The minimum atomic E-state index is -0.178. The molecule has 0 fully saturated rings. The predicted molar refractivity (Wildman–Crippen MR) is 80.7 cm³/mol. The first kappa shape index (κ1) is 15.6. The Balaban J connectivity index is 2.90. The highest BCUT2D eigenvalue weighted by Crippen LogP contribution is 2.17. The SMILES string of the molecule is CSC(C)C(=O)Nc1ccccc1C(=O)NC(C)C. The molecule has 1 atom stereocenters. The highest BCUT2D eigenvalue weighted by atomic mass is 32.2. The van der Waals surface area contributed by atoms with Gasteiger partial charge in [0.15, 0.2) is 0 Å². The van der Waals surface area contributed by atoms with Crippen molar-refractivity contribution >= 4 is 29.3 Å². The Hall–Kier alpha value is -1.49. The van der Waals surface area contributed by atoms with E-state index in [1.165, 1.54) is 11.8 Å². The van der Waals surface area contributed by atoms with Gasteiger partial charge in [-0.1, -0.05) is 12.1 Å². The van der Waals surface area contributed by atoms with Gasteiger partial charge >= 0.3 is 0 Å². The van der Waals surface area contributed by atoms with Crippen molar-refractivity contribution in [2.45, 2.75) is 32.1 Å². The number of hydrogen-bond acceptors (Lipinski definition) is 3. The molecular weight excluding hydrogens is 260 g/mol. The van der Waals surface area contributed by atoms with E-state index < -0.39 is 0 Å². The second-order valence-electron chi connectivity index (χ2n) is 4.54. The Morgan fingerprint density at radius 1 is 1.16 bits per heavy atom. The van der Waals surface area contributed by atoms with Crippen LogP contribution in [0.5, 0.6) is 0 Å². The van der Waals surface area contributed by atoms with Crippen LogP contribution in [0, 0.1) is 0 Å². The third kappa shape index (κ3) is 4.59. The normalized spacial score (nSPS) is 12.1. The summed E-state index contributed by atoms with van der Waals surface area (Å²) in [6, 6.07) is 7.08. The van der Waals surface area contributed by atoms with E-state index in [0.29, 0.717) is 11.3 Å². The van der Waals surface area contributed by atoms with E-state index in [2.05, 4.69) is 10.6 Å². The standard InChI is InChI=1S/C14H20N2O2S/c1-9(2)15-14(18)11-7-5-6-8-12(11)16-13(17)10(3)19-4/h5-10H,1-4H3,(H,15,18)(H,16,17). The van der Waals surface area contributed by atoms with Gasteiger partial charge < -0.3 is 10.6 Å². The molecule has 5 heteroatoms. The van der Waals surface area contributed by atoms with Crippen LogP contribution >= 0.6 is 11.8 Å². The lowest BCUT2D eigenvalue weighted by atomic mass is 10.1. The molecule has 1 aromatic carbocycles. The summed E-state index contributed by atoms with van der Waals surface area (Å²) in [4.78, 5) is 23.9. The third-order valence-electron chi connectivity index (χ3n) is 2.57. The number of anilines is 1. The topological polar surface area (TPSA) is 58.2 Å². The monoisotopic (exact) mass is 280 g/mol. The van der Waals surface area contributed by atoms with Crippen LogP contribution in [-0.2, 0) is 4.79 Å². The van der Waals surface area contributed by atoms with Gasteiger partial charge in [-0.2, -0.15) is 11.8 Å². The Morgan fingerprint density at radius 2 is 1.79 bits per heavy atom. The van der Waals surface area contributed by atoms with Crippen molar-refractivity contribution in [3.63, 3.8) is 0 Å². The number of para-hydroxylation sites is 1. The van der Waals surface area contributed by atoms with E-state index in [1.54, 1.807) is 24.3 Å². The van der Waals surface area contributed by atoms with Crippen LogP contribution < -0.4 is 10.6 Å². The summed E-state index contributed by atoms with van der Waals surface area (Å²) in [5.74, 6) is -0.278. The van der Waals surface area contributed by atoms with Crippen LogP contribution in [0.4, 0.5) is 5.69 Å². The van der Waals surface area contributed by atoms with Crippen molar-refractivity contribution in [2.75, 3.05) is 11.6 Å². The first-order chi connectivity index (χ1) is 8.95. The molecule has 0 aromatic heterocycles. The molecule has 0 spiro atoms. The number of rotatable bonds is 5. The molecule has 19 heavy (non-hydrogen) atoms. The van der Waals surface area contributed by atoms with Gasteiger partial charge in [0.2, 0.25) is 5.91 Å². The van der Waals surface area contributed by atoms with Crippen molar-refractivity contribution < 1.29 is 9.59 Å². The van der Waals surface area contributed by atoms with E-state index in [4.69, 9.17) is 0 Å². The van der Waals surface area contributed by atoms with E-state index in [0.717, 1.165) is 0 Å². The highest BCUT2D eigenvalue weighted by molar-refractivity contribution is 7.99. The molecule has 0 aliphatic carbocycles. The molecule has 0 bridgehead atoms. The first-order valence-corrected chi connectivity index (χ1v) is 7.48. The summed E-state index contributed by atoms with van der Waals surface area (Å²) in [7, 11) is 0. The third-order valence-corrected chi connectivity index (χ3v) is 3.49. The van der Waals surface area contributed by atoms with Crippen molar-refractivity contribution in [1.82, 2.24) is 5.32 Å². The number of nitrogens with one attached hydrogen (secondary N) is 2. The second-order valence-corrected chi connectivity index (χ2v) is 5.72. The number of benzene rings is 1. The first-order valence-electron chi connectivity index (χ1n) is 6.19. The maximum atomic E-state index is 12.0. The maximum Gasteiger partial charge on any atom is 0.253 e. The molecule has 1 unspecified atom stereocenters. The summed E-state index contributed by atoms with van der Waals surface area (Å²) < 4.78 is 0. The molecule has 1 aromatic rings. The van der Waals surface area contributed by atoms with Gasteiger partial charge in [0, 0.05) is 6.04 Å². The summed E-state index contributed by atoms with van der Waals surface area (Å²) in [5.41, 5.74) is 1.03. The molecule has 0 saturated carbocycles. The Morgan fingerprint density at radius 3 is 2.37 bits per heavy atom. The summed E-state index contributed by atoms with van der Waals surface area (Å²) in [6.07, 6.45) is 1.88. The van der Waals surface area contributed by atoms with Gasteiger partial charge in [0.1, 0.15) is 0 Å². The van der Waals surface area contributed by atoms with Gasteiger partial charge in [-0.15, -0.1) is 0 Å². The molecule has 104 valence electrons. The zero-order valence-electron chi connectivity index (χ0n) is 11.7.